The monoisotopic (exact) mass is 267 g/mol. The van der Waals surface area contributed by atoms with Gasteiger partial charge < -0.3 is 10.0 Å². The number of amides is 1. The summed E-state index contributed by atoms with van der Waals surface area (Å²) in [5.74, 6) is 0.0559. The third-order valence-electron chi connectivity index (χ3n) is 3.74. The lowest BCUT2D eigenvalue weighted by atomic mass is 10.0. The summed E-state index contributed by atoms with van der Waals surface area (Å²) in [6.07, 6.45) is -0.473. The predicted octanol–water partition coefficient (Wildman–Crippen LogP) is 2.90. The van der Waals surface area contributed by atoms with Crippen molar-refractivity contribution in [1.29, 1.82) is 0 Å². The molecular formula is C17H17NO2. The molecule has 3 nitrogen and oxygen atoms in total. The molecule has 1 aliphatic rings. The largest absolute Gasteiger partial charge is 0.389 e. The summed E-state index contributed by atoms with van der Waals surface area (Å²) in [5.41, 5.74) is 3.92. The number of carbonyl (C=O) groups is 1. The Labute approximate surface area is 118 Å². The van der Waals surface area contributed by atoms with Crippen LogP contribution in [0.2, 0.25) is 0 Å². The van der Waals surface area contributed by atoms with Crippen LogP contribution >= 0.6 is 0 Å². The number of fused-ring (bicyclic) bond motifs is 1. The maximum atomic E-state index is 12.4. The molecule has 1 heterocycles. The topological polar surface area (TPSA) is 40.5 Å². The molecule has 20 heavy (non-hydrogen) atoms. The molecule has 0 bridgehead atoms. The predicted molar refractivity (Wildman–Crippen MR) is 77.1 cm³/mol. The molecule has 1 N–H and O–H groups in total. The van der Waals surface area contributed by atoms with Gasteiger partial charge in [-0.1, -0.05) is 36.4 Å². The lowest BCUT2D eigenvalue weighted by Crippen LogP contribution is -2.25. The van der Waals surface area contributed by atoms with Gasteiger partial charge in [-0.05, 0) is 35.7 Å². The van der Waals surface area contributed by atoms with Gasteiger partial charge in [-0.3, -0.25) is 4.79 Å². The van der Waals surface area contributed by atoms with E-state index in [4.69, 9.17) is 0 Å². The molecule has 2 aromatic carbocycles. The van der Waals surface area contributed by atoms with E-state index in [1.165, 1.54) is 5.56 Å². The smallest absolute Gasteiger partial charge is 0.254 e. The van der Waals surface area contributed by atoms with E-state index >= 15 is 0 Å². The van der Waals surface area contributed by atoms with Gasteiger partial charge in [-0.2, -0.15) is 0 Å². The minimum absolute atomic E-state index is 0.0559. The van der Waals surface area contributed by atoms with E-state index in [-0.39, 0.29) is 5.91 Å². The van der Waals surface area contributed by atoms with Crippen molar-refractivity contribution in [3.8, 4) is 0 Å². The average Bonchev–Trinajstić information content (AvgIpc) is 2.90. The van der Waals surface area contributed by atoms with E-state index in [9.17, 15) is 9.90 Å². The van der Waals surface area contributed by atoms with Crippen LogP contribution in [0.4, 0.5) is 0 Å². The van der Waals surface area contributed by atoms with Crippen LogP contribution in [0.1, 0.15) is 40.1 Å². The highest BCUT2D eigenvalue weighted by molar-refractivity contribution is 5.94. The molecule has 3 rings (SSSR count). The van der Waals surface area contributed by atoms with Crippen LogP contribution in [0.3, 0.4) is 0 Å². The van der Waals surface area contributed by atoms with Crippen molar-refractivity contribution < 1.29 is 9.90 Å². The Kier molecular flexibility index (Phi) is 3.28. The average molecular weight is 267 g/mol. The van der Waals surface area contributed by atoms with E-state index in [0.29, 0.717) is 13.1 Å². The zero-order valence-electron chi connectivity index (χ0n) is 11.4. The van der Waals surface area contributed by atoms with E-state index in [1.54, 1.807) is 6.92 Å². The Morgan fingerprint density at radius 3 is 2.50 bits per heavy atom. The Morgan fingerprint density at radius 1 is 1.10 bits per heavy atom. The number of rotatable bonds is 2. The quantitative estimate of drug-likeness (QED) is 0.909. The standard InChI is InChI=1S/C17H17NO2/c1-12(19)14-7-8-15-10-18(11-16(15)9-14)17(20)13-5-3-2-4-6-13/h2-9,12,19H,10-11H2,1H3. The molecule has 0 aromatic heterocycles. The van der Waals surface area contributed by atoms with E-state index in [1.807, 2.05) is 53.4 Å². The lowest BCUT2D eigenvalue weighted by molar-refractivity contribution is 0.0751. The lowest BCUT2D eigenvalue weighted by Gasteiger charge is -2.15. The minimum atomic E-state index is -0.473. The molecule has 0 radical (unpaired) electrons. The first-order chi connectivity index (χ1) is 9.65. The van der Waals surface area contributed by atoms with Crippen molar-refractivity contribution >= 4 is 5.91 Å². The van der Waals surface area contributed by atoms with Crippen molar-refractivity contribution in [1.82, 2.24) is 4.90 Å². The second kappa shape index (κ2) is 5.10. The van der Waals surface area contributed by atoms with Crippen LogP contribution in [-0.2, 0) is 13.1 Å². The van der Waals surface area contributed by atoms with E-state index in [0.717, 1.165) is 16.7 Å². The zero-order valence-corrected chi connectivity index (χ0v) is 11.4. The minimum Gasteiger partial charge on any atom is -0.389 e. The zero-order chi connectivity index (χ0) is 14.1. The van der Waals surface area contributed by atoms with Crippen LogP contribution < -0.4 is 0 Å². The molecule has 0 saturated heterocycles. The van der Waals surface area contributed by atoms with Gasteiger partial charge in [0.25, 0.3) is 5.91 Å². The molecule has 0 aliphatic carbocycles. The van der Waals surface area contributed by atoms with Crippen molar-refractivity contribution in [2.24, 2.45) is 0 Å². The molecule has 2 aromatic rings. The fraction of sp³-hybridized carbons (Fsp3) is 0.235. The van der Waals surface area contributed by atoms with Crippen LogP contribution in [0.5, 0.6) is 0 Å². The molecule has 1 unspecified atom stereocenters. The van der Waals surface area contributed by atoms with Crippen LogP contribution in [0, 0.1) is 0 Å². The van der Waals surface area contributed by atoms with Crippen LogP contribution in [0.25, 0.3) is 0 Å². The third kappa shape index (κ3) is 2.32. The first kappa shape index (κ1) is 12.9. The second-order valence-corrected chi connectivity index (χ2v) is 5.23. The summed E-state index contributed by atoms with van der Waals surface area (Å²) in [5, 5.41) is 9.63. The van der Waals surface area contributed by atoms with Crippen LogP contribution in [-0.4, -0.2) is 15.9 Å². The summed E-state index contributed by atoms with van der Waals surface area (Å²) in [4.78, 5) is 14.2. The summed E-state index contributed by atoms with van der Waals surface area (Å²) in [7, 11) is 0. The molecular weight excluding hydrogens is 250 g/mol. The summed E-state index contributed by atoms with van der Waals surface area (Å²) in [6, 6.07) is 15.3. The highest BCUT2D eigenvalue weighted by Gasteiger charge is 2.24. The number of nitrogens with zero attached hydrogens (tertiary/aromatic N) is 1. The summed E-state index contributed by atoms with van der Waals surface area (Å²) in [6.45, 7) is 3.01. The van der Waals surface area contributed by atoms with E-state index in [2.05, 4.69) is 0 Å². The van der Waals surface area contributed by atoms with E-state index < -0.39 is 6.10 Å². The van der Waals surface area contributed by atoms with Gasteiger partial charge in [-0.15, -0.1) is 0 Å². The number of carbonyl (C=O) groups excluding carboxylic acids is 1. The molecule has 102 valence electrons. The third-order valence-corrected chi connectivity index (χ3v) is 3.74. The van der Waals surface area contributed by atoms with Gasteiger partial charge in [0.05, 0.1) is 6.10 Å². The first-order valence-corrected chi connectivity index (χ1v) is 6.79. The SMILES string of the molecule is CC(O)c1ccc2c(c1)CN(C(=O)c1ccccc1)C2. The fourth-order valence-corrected chi connectivity index (χ4v) is 2.58. The van der Waals surface area contributed by atoms with Crippen molar-refractivity contribution in [2.75, 3.05) is 0 Å². The maximum absolute atomic E-state index is 12.4. The number of benzene rings is 2. The van der Waals surface area contributed by atoms with Crippen molar-refractivity contribution in [2.45, 2.75) is 26.1 Å². The van der Waals surface area contributed by atoms with Gasteiger partial charge in [-0.25, -0.2) is 0 Å². The van der Waals surface area contributed by atoms with Gasteiger partial charge in [0, 0.05) is 18.7 Å². The van der Waals surface area contributed by atoms with Gasteiger partial charge in [0.15, 0.2) is 0 Å². The fourth-order valence-electron chi connectivity index (χ4n) is 2.58. The van der Waals surface area contributed by atoms with Crippen molar-refractivity contribution in [3.63, 3.8) is 0 Å². The van der Waals surface area contributed by atoms with Crippen molar-refractivity contribution in [3.05, 3.63) is 70.8 Å². The number of aliphatic hydroxyl groups excluding tert-OH is 1. The molecule has 0 fully saturated rings. The molecule has 0 saturated carbocycles. The Hall–Kier alpha value is -2.13. The molecule has 1 aliphatic heterocycles. The van der Waals surface area contributed by atoms with Gasteiger partial charge in [0.2, 0.25) is 0 Å². The van der Waals surface area contributed by atoms with Crippen LogP contribution in [0.15, 0.2) is 48.5 Å². The number of hydrogen-bond donors (Lipinski definition) is 1. The molecule has 1 amide bonds. The second-order valence-electron chi connectivity index (χ2n) is 5.23. The highest BCUT2D eigenvalue weighted by atomic mass is 16.3. The number of hydrogen-bond acceptors (Lipinski definition) is 2. The maximum Gasteiger partial charge on any atom is 0.254 e. The molecule has 0 spiro atoms. The Bertz CT molecular complexity index is 635. The Morgan fingerprint density at radius 2 is 1.80 bits per heavy atom. The van der Waals surface area contributed by atoms with Gasteiger partial charge in [0.1, 0.15) is 0 Å². The van der Waals surface area contributed by atoms with Gasteiger partial charge >= 0.3 is 0 Å². The molecule has 3 heteroatoms. The molecule has 1 atom stereocenters. The summed E-state index contributed by atoms with van der Waals surface area (Å²) >= 11 is 0. The number of aliphatic hydroxyl groups is 1. The highest BCUT2D eigenvalue weighted by Crippen LogP contribution is 2.27. The first-order valence-electron chi connectivity index (χ1n) is 6.79. The normalized spacial score (nSPS) is 15.0. The Balaban J connectivity index is 1.82. The summed E-state index contributed by atoms with van der Waals surface area (Å²) < 4.78 is 0.